The van der Waals surface area contributed by atoms with Gasteiger partial charge in [-0.15, -0.1) is 0 Å². The van der Waals surface area contributed by atoms with E-state index in [9.17, 15) is 9.00 Å². The molecule has 0 radical (unpaired) electrons. The largest absolute Gasteiger partial charge is 0.465 e. The second kappa shape index (κ2) is 7.89. The number of ether oxygens (including phenoxy) is 1. The maximum atomic E-state index is 12.0. The van der Waals surface area contributed by atoms with Gasteiger partial charge in [0.25, 0.3) is 0 Å². The monoisotopic (exact) mass is 277 g/mol. The van der Waals surface area contributed by atoms with Gasteiger partial charge in [0, 0.05) is 0 Å². The molecule has 0 heterocycles. The third kappa shape index (κ3) is 7.11. The number of rotatable bonds is 7. The number of carbonyl (C=O) groups excluding carboxylic acids is 1. The van der Waals surface area contributed by atoms with E-state index in [4.69, 9.17) is 4.74 Å². The van der Waals surface area contributed by atoms with Crippen LogP contribution in [-0.2, 0) is 20.5 Å². The molecule has 0 aliphatic heterocycles. The smallest absolute Gasteiger partial charge is 0.324 e. The fourth-order valence-corrected chi connectivity index (χ4v) is 2.10. The Labute approximate surface area is 113 Å². The minimum atomic E-state index is -1.26. The van der Waals surface area contributed by atoms with E-state index in [2.05, 4.69) is 18.6 Å². The van der Waals surface area contributed by atoms with Crippen molar-refractivity contribution in [2.75, 3.05) is 6.61 Å². The van der Waals surface area contributed by atoms with Gasteiger partial charge in [0.05, 0.1) is 22.3 Å². The topological polar surface area (TPSA) is 55.4 Å². The number of hydrogen-bond donors (Lipinski definition) is 1. The van der Waals surface area contributed by atoms with E-state index in [1.807, 2.05) is 20.8 Å². The lowest BCUT2D eigenvalue weighted by Gasteiger charge is -2.23. The second-order valence-electron chi connectivity index (χ2n) is 5.77. The summed E-state index contributed by atoms with van der Waals surface area (Å²) < 4.78 is 19.5. The zero-order chi connectivity index (χ0) is 14.3. The molecule has 0 aromatic carbocycles. The van der Waals surface area contributed by atoms with Gasteiger partial charge >= 0.3 is 5.97 Å². The van der Waals surface area contributed by atoms with Crippen molar-refractivity contribution in [2.45, 2.75) is 65.2 Å². The van der Waals surface area contributed by atoms with Gasteiger partial charge in [-0.05, 0) is 46.5 Å². The summed E-state index contributed by atoms with van der Waals surface area (Å²) in [4.78, 5) is 11.8. The first kappa shape index (κ1) is 17.6. The zero-order valence-corrected chi connectivity index (χ0v) is 13.2. The third-order valence-electron chi connectivity index (χ3n) is 2.41. The molecule has 5 heteroatoms. The molecule has 18 heavy (non-hydrogen) atoms. The number of esters is 1. The van der Waals surface area contributed by atoms with Crippen LogP contribution in [0.1, 0.15) is 54.4 Å². The van der Waals surface area contributed by atoms with Crippen LogP contribution >= 0.6 is 0 Å². The first-order valence-corrected chi connectivity index (χ1v) is 7.68. The van der Waals surface area contributed by atoms with E-state index in [0.29, 0.717) is 18.9 Å². The Morgan fingerprint density at radius 3 is 2.22 bits per heavy atom. The van der Waals surface area contributed by atoms with Crippen molar-refractivity contribution in [1.82, 2.24) is 4.72 Å². The van der Waals surface area contributed by atoms with Crippen LogP contribution in [0.15, 0.2) is 0 Å². The van der Waals surface area contributed by atoms with Crippen LogP contribution in [0, 0.1) is 5.92 Å². The molecule has 0 saturated heterocycles. The molecule has 0 aliphatic carbocycles. The Morgan fingerprint density at radius 1 is 1.28 bits per heavy atom. The maximum absolute atomic E-state index is 12.0. The van der Waals surface area contributed by atoms with Gasteiger partial charge < -0.3 is 4.74 Å². The average molecular weight is 277 g/mol. The summed E-state index contributed by atoms with van der Waals surface area (Å²) in [5.41, 5.74) is 0. The summed E-state index contributed by atoms with van der Waals surface area (Å²) in [5.74, 6) is 0.197. The van der Waals surface area contributed by atoms with Gasteiger partial charge in [-0.1, -0.05) is 13.8 Å². The Bertz CT molecular complexity index is 284. The van der Waals surface area contributed by atoms with Crippen LogP contribution in [-0.4, -0.2) is 27.6 Å². The molecule has 0 aliphatic rings. The summed E-state index contributed by atoms with van der Waals surface area (Å²) in [6, 6.07) is -0.479. The first-order chi connectivity index (χ1) is 8.18. The molecular formula is C13H27NO3S. The summed E-state index contributed by atoms with van der Waals surface area (Å²) in [6.45, 7) is 12.0. The van der Waals surface area contributed by atoms with Crippen molar-refractivity contribution >= 4 is 17.0 Å². The molecule has 0 rings (SSSR count). The summed E-state index contributed by atoms with van der Waals surface area (Å²) in [6.07, 6.45) is 1.55. The normalized spacial score (nSPS) is 15.5. The zero-order valence-electron chi connectivity index (χ0n) is 12.4. The quantitative estimate of drug-likeness (QED) is 0.727. The molecule has 0 bridgehead atoms. The number of nitrogens with one attached hydrogen (secondary N) is 1. The summed E-state index contributed by atoms with van der Waals surface area (Å²) in [7, 11) is -1.26. The molecule has 108 valence electrons. The van der Waals surface area contributed by atoms with Crippen molar-refractivity contribution in [3.63, 3.8) is 0 Å². The first-order valence-electron chi connectivity index (χ1n) is 6.53. The molecule has 4 nitrogen and oxygen atoms in total. The Hall–Kier alpha value is -0.420. The summed E-state index contributed by atoms with van der Waals surface area (Å²) >= 11 is 0. The van der Waals surface area contributed by atoms with Crippen LogP contribution < -0.4 is 4.72 Å². The van der Waals surface area contributed by atoms with E-state index in [1.54, 1.807) is 6.92 Å². The molecule has 1 unspecified atom stereocenters. The van der Waals surface area contributed by atoms with E-state index < -0.39 is 17.0 Å². The molecule has 0 fully saturated rings. The predicted octanol–water partition coefficient (Wildman–Crippen LogP) is 2.41. The van der Waals surface area contributed by atoms with E-state index in [0.717, 1.165) is 6.42 Å². The minimum Gasteiger partial charge on any atom is -0.465 e. The molecule has 0 aromatic rings. The van der Waals surface area contributed by atoms with E-state index in [-0.39, 0.29) is 10.7 Å². The van der Waals surface area contributed by atoms with Crippen LogP contribution in [0.3, 0.4) is 0 Å². The Balaban J connectivity index is 4.56. The van der Waals surface area contributed by atoms with Gasteiger partial charge in [-0.2, -0.15) is 0 Å². The maximum Gasteiger partial charge on any atom is 0.324 e. The highest BCUT2D eigenvalue weighted by Gasteiger charge is 2.27. The van der Waals surface area contributed by atoms with Crippen molar-refractivity contribution in [3.05, 3.63) is 0 Å². The lowest BCUT2D eigenvalue weighted by Crippen LogP contribution is -2.44. The fraction of sp³-hybridized carbons (Fsp3) is 0.923. The highest BCUT2D eigenvalue weighted by Crippen LogP contribution is 2.13. The lowest BCUT2D eigenvalue weighted by atomic mass is 10.0. The van der Waals surface area contributed by atoms with Crippen LogP contribution in [0.2, 0.25) is 0 Å². The lowest BCUT2D eigenvalue weighted by molar-refractivity contribution is -0.145. The van der Waals surface area contributed by atoms with Crippen LogP contribution in [0.25, 0.3) is 0 Å². The molecule has 0 spiro atoms. The highest BCUT2D eigenvalue weighted by atomic mass is 32.2. The second-order valence-corrected chi connectivity index (χ2v) is 7.77. The Kier molecular flexibility index (Phi) is 7.71. The van der Waals surface area contributed by atoms with Crippen molar-refractivity contribution in [1.29, 1.82) is 0 Å². The van der Waals surface area contributed by atoms with Gasteiger partial charge in [0.2, 0.25) is 0 Å². The van der Waals surface area contributed by atoms with Crippen molar-refractivity contribution in [3.8, 4) is 0 Å². The van der Waals surface area contributed by atoms with Gasteiger partial charge in [0.1, 0.15) is 6.04 Å². The number of hydrogen-bond acceptors (Lipinski definition) is 3. The Morgan fingerprint density at radius 2 is 1.83 bits per heavy atom. The summed E-state index contributed by atoms with van der Waals surface area (Å²) in [5, 5.41) is 0. The third-order valence-corrected chi connectivity index (χ3v) is 4.02. The standard InChI is InChI=1S/C13H27NO3S/c1-7-17-12(15)11(9-8-10(2)3)14-18(16)13(4,5)6/h10-11,14H,7-9H2,1-6H3/t11-,18?/m1/s1. The van der Waals surface area contributed by atoms with Gasteiger partial charge in [-0.3, -0.25) is 4.79 Å². The molecule has 1 N–H and O–H groups in total. The number of carbonyl (C=O) groups is 1. The van der Waals surface area contributed by atoms with E-state index >= 15 is 0 Å². The molecular weight excluding hydrogens is 250 g/mol. The van der Waals surface area contributed by atoms with Crippen LogP contribution in [0.5, 0.6) is 0 Å². The van der Waals surface area contributed by atoms with Crippen molar-refractivity contribution < 1.29 is 13.7 Å². The van der Waals surface area contributed by atoms with Gasteiger partial charge in [0.15, 0.2) is 0 Å². The molecule has 2 atom stereocenters. The molecule has 0 aromatic heterocycles. The molecule has 0 saturated carbocycles. The van der Waals surface area contributed by atoms with Gasteiger partial charge in [-0.25, -0.2) is 8.93 Å². The SMILES string of the molecule is CCOC(=O)[C@@H](CCC(C)C)NS(=O)C(C)(C)C. The average Bonchev–Trinajstić information content (AvgIpc) is 2.22. The van der Waals surface area contributed by atoms with Crippen LogP contribution in [0.4, 0.5) is 0 Å². The predicted molar refractivity (Wildman–Crippen MR) is 75.5 cm³/mol. The van der Waals surface area contributed by atoms with E-state index in [1.165, 1.54) is 0 Å². The fourth-order valence-electron chi connectivity index (χ4n) is 1.27. The minimum absolute atomic E-state index is 0.309. The highest BCUT2D eigenvalue weighted by molar-refractivity contribution is 7.84. The molecule has 0 amide bonds. The van der Waals surface area contributed by atoms with Crippen molar-refractivity contribution in [2.24, 2.45) is 5.92 Å².